The van der Waals surface area contributed by atoms with E-state index in [1.807, 2.05) is 27.7 Å². The van der Waals surface area contributed by atoms with Gasteiger partial charge in [-0.25, -0.2) is 0 Å². The molecule has 1 aromatic carbocycles. The Morgan fingerprint density at radius 3 is 1.41 bits per heavy atom. The van der Waals surface area contributed by atoms with E-state index >= 15 is 0 Å². The highest BCUT2D eigenvalue weighted by Crippen LogP contribution is 2.12. The zero-order chi connectivity index (χ0) is 13.7. The summed E-state index contributed by atoms with van der Waals surface area (Å²) in [7, 11) is 0. The van der Waals surface area contributed by atoms with Gasteiger partial charge in [-0.2, -0.15) is 0 Å². The van der Waals surface area contributed by atoms with Crippen LogP contribution in [0.3, 0.4) is 0 Å². The smallest absolute Gasteiger partial charge is 0.0211 e. The van der Waals surface area contributed by atoms with Gasteiger partial charge in [0.25, 0.3) is 0 Å². The van der Waals surface area contributed by atoms with Crippen LogP contribution in [0.5, 0.6) is 0 Å². The zero-order valence-electron chi connectivity index (χ0n) is 12.8. The highest BCUT2D eigenvalue weighted by atomic mass is 14.9. The van der Waals surface area contributed by atoms with Gasteiger partial charge in [0.05, 0.1) is 0 Å². The van der Waals surface area contributed by atoms with Crippen LogP contribution in [0.1, 0.15) is 59.6 Å². The lowest BCUT2D eigenvalue weighted by Crippen LogP contribution is -1.99. The van der Waals surface area contributed by atoms with Crippen molar-refractivity contribution in [3.8, 4) is 0 Å². The second-order valence-electron chi connectivity index (χ2n) is 4.10. The van der Waals surface area contributed by atoms with Gasteiger partial charge in [0.15, 0.2) is 0 Å². The first kappa shape index (κ1) is 18.5. The fraction of sp³-hybridized carbons (Fsp3) is 0.625. The second-order valence-corrected chi connectivity index (χ2v) is 4.10. The highest BCUT2D eigenvalue weighted by molar-refractivity contribution is 5.29. The van der Waals surface area contributed by atoms with E-state index in [0.717, 1.165) is 19.0 Å². The molecular formula is C16H31N. The minimum Gasteiger partial charge on any atom is -0.309 e. The summed E-state index contributed by atoms with van der Waals surface area (Å²) in [4.78, 5) is 0. The Hall–Kier alpha value is -0.820. The van der Waals surface area contributed by atoms with Gasteiger partial charge in [0.1, 0.15) is 0 Å². The molecule has 0 unspecified atom stereocenters. The molecule has 0 spiro atoms. The third kappa shape index (κ3) is 10.1. The molecule has 0 atom stereocenters. The van der Waals surface area contributed by atoms with E-state index in [9.17, 15) is 0 Å². The summed E-state index contributed by atoms with van der Waals surface area (Å²) in [5, 5.41) is 3.29. The fourth-order valence-corrected chi connectivity index (χ4v) is 1.23. The summed E-state index contributed by atoms with van der Waals surface area (Å²) in [6.07, 6.45) is 0. The van der Waals surface area contributed by atoms with Crippen molar-refractivity contribution in [1.82, 2.24) is 5.32 Å². The van der Waals surface area contributed by atoms with Crippen LogP contribution < -0.4 is 5.32 Å². The molecule has 0 aromatic heterocycles. The van der Waals surface area contributed by atoms with Crippen molar-refractivity contribution in [2.24, 2.45) is 5.92 Å². The van der Waals surface area contributed by atoms with Crippen LogP contribution in [0.25, 0.3) is 0 Å². The number of nitrogens with one attached hydrogen (secondary N) is 1. The minimum absolute atomic E-state index is 0.833. The molecule has 0 saturated carbocycles. The van der Waals surface area contributed by atoms with E-state index < -0.39 is 0 Å². The van der Waals surface area contributed by atoms with Gasteiger partial charge in [0, 0.05) is 13.1 Å². The topological polar surface area (TPSA) is 12.0 Å². The molecule has 1 aliphatic heterocycles. The Balaban J connectivity index is 0. The van der Waals surface area contributed by atoms with E-state index in [4.69, 9.17) is 0 Å². The molecule has 1 aliphatic rings. The standard InChI is InChI=1S/C8H9N.C4H10.2C2H6/c1-2-4-8-6-9-5-7(8)3-1;1-4(2)3;2*1-2/h1-4,9H,5-6H2;4H,1-3H3;2*1-2H3. The third-order valence-electron chi connectivity index (χ3n) is 1.75. The minimum atomic E-state index is 0.833. The SMILES string of the molecule is CC.CC.CC(C)C.c1ccc2c(c1)CNC2. The summed E-state index contributed by atoms with van der Waals surface area (Å²) >= 11 is 0. The molecule has 1 aromatic rings. The molecule has 1 nitrogen and oxygen atoms in total. The lowest BCUT2D eigenvalue weighted by atomic mass is 10.1. The lowest BCUT2D eigenvalue weighted by Gasteiger charge is -1.91. The third-order valence-corrected chi connectivity index (χ3v) is 1.75. The molecule has 0 amide bonds. The second kappa shape index (κ2) is 13.2. The molecular weight excluding hydrogens is 206 g/mol. The predicted molar refractivity (Wildman–Crippen MR) is 80.2 cm³/mol. The molecule has 1 heterocycles. The van der Waals surface area contributed by atoms with Crippen LogP contribution in [-0.4, -0.2) is 0 Å². The number of hydrogen-bond donors (Lipinski definition) is 1. The molecule has 0 saturated heterocycles. The first-order valence-corrected chi connectivity index (χ1v) is 6.97. The summed E-state index contributed by atoms with van der Waals surface area (Å²) in [6, 6.07) is 8.53. The van der Waals surface area contributed by atoms with E-state index in [1.54, 1.807) is 0 Å². The first-order chi connectivity index (χ1) is 8.20. The molecule has 2 rings (SSSR count). The molecule has 0 bridgehead atoms. The largest absolute Gasteiger partial charge is 0.309 e. The van der Waals surface area contributed by atoms with Gasteiger partial charge >= 0.3 is 0 Å². The monoisotopic (exact) mass is 237 g/mol. The maximum atomic E-state index is 3.29. The van der Waals surface area contributed by atoms with Crippen LogP contribution in [0.4, 0.5) is 0 Å². The molecule has 0 fully saturated rings. The lowest BCUT2D eigenvalue weighted by molar-refractivity contribution is 0.737. The Bertz CT molecular complexity index is 228. The number of rotatable bonds is 0. The van der Waals surface area contributed by atoms with Gasteiger partial charge in [-0.3, -0.25) is 0 Å². The van der Waals surface area contributed by atoms with Crippen molar-refractivity contribution in [3.05, 3.63) is 35.4 Å². The van der Waals surface area contributed by atoms with Gasteiger partial charge in [-0.15, -0.1) is 0 Å². The van der Waals surface area contributed by atoms with E-state index in [0.29, 0.717) is 0 Å². The van der Waals surface area contributed by atoms with Gasteiger partial charge in [0.2, 0.25) is 0 Å². The summed E-state index contributed by atoms with van der Waals surface area (Å²) in [5.74, 6) is 0.833. The number of fused-ring (bicyclic) bond motifs is 1. The van der Waals surface area contributed by atoms with Crippen molar-refractivity contribution in [1.29, 1.82) is 0 Å². The van der Waals surface area contributed by atoms with Crippen LogP contribution >= 0.6 is 0 Å². The summed E-state index contributed by atoms with van der Waals surface area (Å²) < 4.78 is 0. The van der Waals surface area contributed by atoms with Gasteiger partial charge in [-0.1, -0.05) is 72.7 Å². The fourth-order valence-electron chi connectivity index (χ4n) is 1.23. The summed E-state index contributed by atoms with van der Waals surface area (Å²) in [5.41, 5.74) is 2.91. The predicted octanol–water partition coefficient (Wildman–Crippen LogP) is 5.00. The molecule has 17 heavy (non-hydrogen) atoms. The van der Waals surface area contributed by atoms with E-state index in [1.165, 1.54) is 11.1 Å². The Labute approximate surface area is 109 Å². The Kier molecular flexibility index (Phi) is 14.4. The molecule has 1 heteroatoms. The Morgan fingerprint density at radius 2 is 1.12 bits per heavy atom. The molecule has 100 valence electrons. The van der Waals surface area contributed by atoms with Crippen molar-refractivity contribution in [3.63, 3.8) is 0 Å². The molecule has 1 N–H and O–H groups in total. The van der Waals surface area contributed by atoms with Crippen molar-refractivity contribution < 1.29 is 0 Å². The van der Waals surface area contributed by atoms with E-state index in [-0.39, 0.29) is 0 Å². The quantitative estimate of drug-likeness (QED) is 0.669. The maximum absolute atomic E-state index is 3.29. The number of benzene rings is 1. The zero-order valence-corrected chi connectivity index (χ0v) is 12.8. The van der Waals surface area contributed by atoms with Gasteiger partial charge < -0.3 is 5.32 Å². The first-order valence-electron chi connectivity index (χ1n) is 6.97. The molecule has 0 radical (unpaired) electrons. The average Bonchev–Trinajstić information content (AvgIpc) is 2.81. The van der Waals surface area contributed by atoms with Crippen molar-refractivity contribution in [2.45, 2.75) is 61.6 Å². The average molecular weight is 237 g/mol. The van der Waals surface area contributed by atoms with Crippen LogP contribution in [0.15, 0.2) is 24.3 Å². The Morgan fingerprint density at radius 1 is 0.824 bits per heavy atom. The van der Waals surface area contributed by atoms with E-state index in [2.05, 4.69) is 50.4 Å². The van der Waals surface area contributed by atoms with Crippen LogP contribution in [0, 0.1) is 5.92 Å². The van der Waals surface area contributed by atoms with Gasteiger partial charge in [-0.05, 0) is 17.0 Å². The van der Waals surface area contributed by atoms with Crippen molar-refractivity contribution in [2.75, 3.05) is 0 Å². The van der Waals surface area contributed by atoms with Crippen LogP contribution in [0.2, 0.25) is 0 Å². The summed E-state index contributed by atoms with van der Waals surface area (Å²) in [6.45, 7) is 16.6. The van der Waals surface area contributed by atoms with Crippen LogP contribution in [-0.2, 0) is 13.1 Å². The van der Waals surface area contributed by atoms with Crippen molar-refractivity contribution >= 4 is 0 Å². The highest BCUT2D eigenvalue weighted by Gasteiger charge is 2.06. The number of hydrogen-bond acceptors (Lipinski definition) is 1. The normalized spacial score (nSPS) is 11.1. The maximum Gasteiger partial charge on any atom is 0.0211 e. The molecule has 0 aliphatic carbocycles.